The van der Waals surface area contributed by atoms with Crippen molar-refractivity contribution >= 4 is 22.6 Å². The first kappa shape index (κ1) is 14.5. The van der Waals surface area contributed by atoms with Crippen molar-refractivity contribution in [1.29, 1.82) is 0 Å². The molecular weight excluding hydrogens is 304 g/mol. The van der Waals surface area contributed by atoms with Crippen molar-refractivity contribution in [1.82, 2.24) is 9.55 Å². The van der Waals surface area contributed by atoms with Crippen LogP contribution in [0.5, 0.6) is 11.5 Å². The first-order valence-electron chi connectivity index (χ1n) is 7.75. The number of aryl methyl sites for hydroxylation is 1. The normalized spacial score (nSPS) is 15.0. The van der Waals surface area contributed by atoms with Crippen molar-refractivity contribution in [3.63, 3.8) is 0 Å². The molecule has 3 aromatic rings. The predicted octanol–water partition coefficient (Wildman–Crippen LogP) is 3.06. The SMILES string of the molecule is COc1cccc(/C=C2\CCn3c2nc(=O)c2ccccc23)c1O. The number of hydrogen-bond acceptors (Lipinski definition) is 4. The molecule has 0 aliphatic carbocycles. The lowest BCUT2D eigenvalue weighted by Crippen LogP contribution is -2.14. The van der Waals surface area contributed by atoms with E-state index in [1.807, 2.05) is 36.4 Å². The van der Waals surface area contributed by atoms with Crippen molar-refractivity contribution in [3.8, 4) is 11.5 Å². The molecule has 0 saturated heterocycles. The molecule has 1 aromatic heterocycles. The molecule has 0 bridgehead atoms. The van der Waals surface area contributed by atoms with Gasteiger partial charge in [0, 0.05) is 12.1 Å². The van der Waals surface area contributed by atoms with E-state index in [9.17, 15) is 9.90 Å². The number of ether oxygens (including phenoxy) is 1. The monoisotopic (exact) mass is 320 g/mol. The lowest BCUT2D eigenvalue weighted by molar-refractivity contribution is 0.373. The van der Waals surface area contributed by atoms with Crippen LogP contribution in [-0.2, 0) is 6.54 Å². The Balaban J connectivity index is 1.90. The van der Waals surface area contributed by atoms with Crippen molar-refractivity contribution in [2.24, 2.45) is 0 Å². The molecule has 2 aromatic carbocycles. The summed E-state index contributed by atoms with van der Waals surface area (Å²) in [4.78, 5) is 16.5. The standard InChI is InChI=1S/C19H16N2O3/c1-24-16-8-4-5-12(17(16)22)11-13-9-10-21-15-7-3-2-6-14(15)19(23)20-18(13)21/h2-8,11,22H,9-10H2,1H3/b13-11+. The summed E-state index contributed by atoms with van der Waals surface area (Å²) < 4.78 is 7.20. The first-order chi connectivity index (χ1) is 11.7. The van der Waals surface area contributed by atoms with Gasteiger partial charge in [-0.2, -0.15) is 4.98 Å². The van der Waals surface area contributed by atoms with Gasteiger partial charge in [-0.15, -0.1) is 0 Å². The molecule has 0 atom stereocenters. The Morgan fingerprint density at radius 2 is 2.04 bits per heavy atom. The van der Waals surface area contributed by atoms with Crippen LogP contribution < -0.4 is 10.3 Å². The van der Waals surface area contributed by atoms with Crippen LogP contribution in [0, 0.1) is 0 Å². The van der Waals surface area contributed by atoms with Gasteiger partial charge in [-0.1, -0.05) is 24.3 Å². The molecule has 0 unspecified atom stereocenters. The molecule has 0 spiro atoms. The van der Waals surface area contributed by atoms with E-state index in [1.54, 1.807) is 12.1 Å². The van der Waals surface area contributed by atoms with E-state index in [0.29, 0.717) is 22.5 Å². The van der Waals surface area contributed by atoms with Crippen LogP contribution in [0.25, 0.3) is 22.6 Å². The molecule has 5 heteroatoms. The minimum absolute atomic E-state index is 0.0917. The summed E-state index contributed by atoms with van der Waals surface area (Å²) in [5.74, 6) is 1.18. The van der Waals surface area contributed by atoms with Crippen LogP contribution in [-0.4, -0.2) is 21.8 Å². The minimum Gasteiger partial charge on any atom is -0.504 e. The highest BCUT2D eigenvalue weighted by molar-refractivity contribution is 5.86. The highest BCUT2D eigenvalue weighted by Gasteiger charge is 2.21. The van der Waals surface area contributed by atoms with Crippen molar-refractivity contribution in [2.45, 2.75) is 13.0 Å². The smallest absolute Gasteiger partial charge is 0.281 e. The molecule has 1 aliphatic heterocycles. The van der Waals surface area contributed by atoms with Gasteiger partial charge in [-0.3, -0.25) is 4.79 Å². The van der Waals surface area contributed by atoms with Crippen LogP contribution in [0.3, 0.4) is 0 Å². The third kappa shape index (κ3) is 2.17. The van der Waals surface area contributed by atoms with Gasteiger partial charge in [0.2, 0.25) is 0 Å². The molecule has 1 aliphatic rings. The molecule has 120 valence electrons. The predicted molar refractivity (Wildman–Crippen MR) is 93.1 cm³/mol. The molecule has 0 radical (unpaired) electrons. The van der Waals surface area contributed by atoms with E-state index in [-0.39, 0.29) is 11.3 Å². The number of phenolic OH excluding ortho intramolecular Hbond substituents is 1. The van der Waals surface area contributed by atoms with Crippen LogP contribution in [0.15, 0.2) is 47.3 Å². The number of aromatic hydroxyl groups is 1. The summed E-state index contributed by atoms with van der Waals surface area (Å²) in [6.07, 6.45) is 2.63. The summed E-state index contributed by atoms with van der Waals surface area (Å²) >= 11 is 0. The third-order valence-electron chi connectivity index (χ3n) is 4.36. The van der Waals surface area contributed by atoms with E-state index >= 15 is 0 Å². The van der Waals surface area contributed by atoms with Gasteiger partial charge in [0.25, 0.3) is 5.56 Å². The number of para-hydroxylation sites is 2. The summed E-state index contributed by atoms with van der Waals surface area (Å²) in [5.41, 5.74) is 2.26. The Labute approximate surface area is 138 Å². The maximum Gasteiger partial charge on any atom is 0.281 e. The summed E-state index contributed by atoms with van der Waals surface area (Å²) in [7, 11) is 1.52. The Bertz CT molecular complexity index is 1030. The fraction of sp³-hybridized carbons (Fsp3) is 0.158. The second-order valence-electron chi connectivity index (χ2n) is 5.73. The molecule has 2 heterocycles. The highest BCUT2D eigenvalue weighted by Crippen LogP contribution is 2.35. The average molecular weight is 320 g/mol. The van der Waals surface area contributed by atoms with E-state index in [2.05, 4.69) is 9.55 Å². The zero-order valence-corrected chi connectivity index (χ0v) is 13.2. The molecule has 0 fully saturated rings. The molecule has 1 N–H and O–H groups in total. The van der Waals surface area contributed by atoms with Crippen LogP contribution in [0.4, 0.5) is 0 Å². The Morgan fingerprint density at radius 3 is 2.88 bits per heavy atom. The molecule has 24 heavy (non-hydrogen) atoms. The molecule has 5 nitrogen and oxygen atoms in total. The van der Waals surface area contributed by atoms with Crippen LogP contribution in [0.2, 0.25) is 0 Å². The maximum absolute atomic E-state index is 12.3. The fourth-order valence-electron chi connectivity index (χ4n) is 3.18. The van der Waals surface area contributed by atoms with Gasteiger partial charge in [0.1, 0.15) is 5.82 Å². The van der Waals surface area contributed by atoms with Gasteiger partial charge >= 0.3 is 0 Å². The lowest BCUT2D eigenvalue weighted by Gasteiger charge is -2.08. The van der Waals surface area contributed by atoms with Crippen LogP contribution in [0.1, 0.15) is 17.8 Å². The fourth-order valence-corrected chi connectivity index (χ4v) is 3.18. The van der Waals surface area contributed by atoms with Gasteiger partial charge in [-0.25, -0.2) is 0 Å². The third-order valence-corrected chi connectivity index (χ3v) is 4.36. The second kappa shape index (κ2) is 5.53. The number of methoxy groups -OCH3 is 1. The molecule has 4 rings (SSSR count). The Kier molecular flexibility index (Phi) is 3.34. The zero-order valence-electron chi connectivity index (χ0n) is 13.2. The van der Waals surface area contributed by atoms with Crippen molar-refractivity contribution in [3.05, 3.63) is 64.2 Å². The lowest BCUT2D eigenvalue weighted by atomic mass is 10.1. The number of allylic oxidation sites excluding steroid dienone is 1. The molecular formula is C19H16N2O3. The number of fused-ring (bicyclic) bond motifs is 3. The summed E-state index contributed by atoms with van der Waals surface area (Å²) in [6.45, 7) is 0.764. The number of hydrogen-bond donors (Lipinski definition) is 1. The minimum atomic E-state index is -0.223. The first-order valence-corrected chi connectivity index (χ1v) is 7.75. The Morgan fingerprint density at radius 1 is 1.21 bits per heavy atom. The van der Waals surface area contributed by atoms with E-state index in [1.165, 1.54) is 7.11 Å². The number of aromatic nitrogens is 2. The Hall–Kier alpha value is -3.08. The van der Waals surface area contributed by atoms with Gasteiger partial charge in [-0.05, 0) is 36.3 Å². The topological polar surface area (TPSA) is 64.4 Å². The molecule has 0 saturated carbocycles. The quantitative estimate of drug-likeness (QED) is 0.788. The van der Waals surface area contributed by atoms with E-state index in [4.69, 9.17) is 4.74 Å². The summed E-state index contributed by atoms with van der Waals surface area (Å²) in [6, 6.07) is 12.8. The number of nitrogens with zero attached hydrogens (tertiary/aromatic N) is 2. The van der Waals surface area contributed by atoms with Crippen molar-refractivity contribution in [2.75, 3.05) is 7.11 Å². The largest absolute Gasteiger partial charge is 0.504 e. The van der Waals surface area contributed by atoms with Gasteiger partial charge in [0.05, 0.1) is 18.0 Å². The number of rotatable bonds is 2. The summed E-state index contributed by atoms with van der Waals surface area (Å²) in [5, 5.41) is 10.9. The maximum atomic E-state index is 12.3. The number of phenols is 1. The van der Waals surface area contributed by atoms with Gasteiger partial charge in [0.15, 0.2) is 11.5 Å². The van der Waals surface area contributed by atoms with E-state index < -0.39 is 0 Å². The van der Waals surface area contributed by atoms with Crippen LogP contribution >= 0.6 is 0 Å². The second-order valence-corrected chi connectivity index (χ2v) is 5.73. The molecule has 0 amide bonds. The zero-order chi connectivity index (χ0) is 16.7. The van der Waals surface area contributed by atoms with E-state index in [0.717, 1.165) is 24.1 Å². The average Bonchev–Trinajstić information content (AvgIpc) is 3.00. The van der Waals surface area contributed by atoms with Crippen molar-refractivity contribution < 1.29 is 9.84 Å². The number of benzene rings is 2. The van der Waals surface area contributed by atoms with Gasteiger partial charge < -0.3 is 14.4 Å². The highest BCUT2D eigenvalue weighted by atomic mass is 16.5.